The van der Waals surface area contributed by atoms with Gasteiger partial charge in [-0.3, -0.25) is 4.57 Å². The normalized spacial score (nSPS) is 15.3. The Bertz CT molecular complexity index is 1470. The third-order valence-electron chi connectivity index (χ3n) is 6.54. The van der Waals surface area contributed by atoms with Crippen molar-refractivity contribution < 1.29 is 0 Å². The van der Waals surface area contributed by atoms with E-state index in [0.29, 0.717) is 11.6 Å². The Morgan fingerprint density at radius 1 is 1.00 bits per heavy atom. The van der Waals surface area contributed by atoms with Crippen molar-refractivity contribution in [3.8, 4) is 17.1 Å². The van der Waals surface area contributed by atoms with Gasteiger partial charge in [0.05, 0.1) is 11.3 Å². The van der Waals surface area contributed by atoms with Crippen LogP contribution in [-0.2, 0) is 5.54 Å². The van der Waals surface area contributed by atoms with Crippen LogP contribution in [-0.4, -0.2) is 19.5 Å². The maximum Gasteiger partial charge on any atom is 0.165 e. The Labute approximate surface area is 205 Å². The van der Waals surface area contributed by atoms with Crippen molar-refractivity contribution in [1.82, 2.24) is 19.5 Å². The number of pyridine rings is 2. The van der Waals surface area contributed by atoms with Crippen LogP contribution in [0.15, 0.2) is 98.3 Å². The lowest BCUT2D eigenvalue weighted by atomic mass is 9.73. The number of rotatable bonds is 7. The van der Waals surface area contributed by atoms with Gasteiger partial charge in [0.1, 0.15) is 11.3 Å². The maximum absolute atomic E-state index is 6.56. The summed E-state index contributed by atoms with van der Waals surface area (Å²) in [7, 11) is 0. The number of allylic oxidation sites excluding steroid dienone is 6. The van der Waals surface area contributed by atoms with Crippen LogP contribution in [0, 0.1) is 0 Å². The highest BCUT2D eigenvalue weighted by Gasteiger charge is 2.34. The van der Waals surface area contributed by atoms with E-state index in [1.807, 2.05) is 47.1 Å². The number of benzene rings is 1. The van der Waals surface area contributed by atoms with Crippen LogP contribution >= 0.6 is 0 Å². The first kappa shape index (κ1) is 22.5. The molecule has 5 rings (SSSR count). The summed E-state index contributed by atoms with van der Waals surface area (Å²) in [5.74, 6) is 1.10. The number of imidazole rings is 1. The van der Waals surface area contributed by atoms with Gasteiger partial charge in [-0.25, -0.2) is 15.0 Å². The molecule has 1 aliphatic carbocycles. The molecule has 6 heteroatoms. The minimum atomic E-state index is -0.223. The van der Waals surface area contributed by atoms with Gasteiger partial charge >= 0.3 is 0 Å². The van der Waals surface area contributed by atoms with Gasteiger partial charge in [0.15, 0.2) is 11.5 Å². The number of hydrogen-bond acceptors (Lipinski definition) is 5. The molecule has 3 aromatic heterocycles. The maximum atomic E-state index is 6.56. The van der Waals surface area contributed by atoms with E-state index in [2.05, 4.69) is 42.4 Å². The van der Waals surface area contributed by atoms with Crippen molar-refractivity contribution in [2.75, 3.05) is 5.73 Å². The van der Waals surface area contributed by atoms with Gasteiger partial charge in [0.2, 0.25) is 0 Å². The Kier molecular flexibility index (Phi) is 5.89. The Morgan fingerprint density at radius 2 is 1.80 bits per heavy atom. The van der Waals surface area contributed by atoms with E-state index in [9.17, 15) is 0 Å². The smallest absolute Gasteiger partial charge is 0.165 e. The largest absolute Gasteiger partial charge is 0.383 e. The molecule has 0 spiro atoms. The predicted molar refractivity (Wildman–Crippen MR) is 144 cm³/mol. The molecular weight excluding hydrogens is 432 g/mol. The standard InChI is InChI=1S/C29H28N6/c1-3-5-9-20(8-4-2)24-15-16-25-28(33-24)35(27(34-25)23-10-6-19-32-26(23)30)22-13-11-21(12-14-22)29(31)17-7-18-29/h3-6,8-16,19H,1-2,7,17-18,31H2,(H2,30,32)/b9-5-,20-8+. The highest BCUT2D eigenvalue weighted by Crippen LogP contribution is 2.39. The summed E-state index contributed by atoms with van der Waals surface area (Å²) in [5, 5.41) is 0. The van der Waals surface area contributed by atoms with E-state index in [-0.39, 0.29) is 5.54 Å². The van der Waals surface area contributed by atoms with Crippen molar-refractivity contribution in [3.05, 3.63) is 110 Å². The van der Waals surface area contributed by atoms with Crippen molar-refractivity contribution in [2.45, 2.75) is 24.8 Å². The van der Waals surface area contributed by atoms with Crippen molar-refractivity contribution in [3.63, 3.8) is 0 Å². The van der Waals surface area contributed by atoms with Crippen LogP contribution in [0.2, 0.25) is 0 Å². The first-order chi connectivity index (χ1) is 17.0. The van der Waals surface area contributed by atoms with Gasteiger partial charge in [0, 0.05) is 23.0 Å². The Morgan fingerprint density at radius 3 is 2.46 bits per heavy atom. The molecule has 6 nitrogen and oxygen atoms in total. The predicted octanol–water partition coefficient (Wildman–Crippen LogP) is 5.71. The second-order valence-electron chi connectivity index (χ2n) is 8.76. The summed E-state index contributed by atoms with van der Waals surface area (Å²) in [6.07, 6.45) is 14.1. The second-order valence-corrected chi connectivity index (χ2v) is 8.76. The van der Waals surface area contributed by atoms with E-state index in [1.54, 1.807) is 18.3 Å². The lowest BCUT2D eigenvalue weighted by Crippen LogP contribution is -2.43. The quantitative estimate of drug-likeness (QED) is 0.344. The Balaban J connectivity index is 1.72. The summed E-state index contributed by atoms with van der Waals surface area (Å²) in [5.41, 5.74) is 18.6. The van der Waals surface area contributed by atoms with Crippen LogP contribution in [0.25, 0.3) is 33.8 Å². The molecule has 0 bridgehead atoms. The van der Waals surface area contributed by atoms with Crippen molar-refractivity contribution in [2.24, 2.45) is 5.73 Å². The first-order valence-corrected chi connectivity index (χ1v) is 11.7. The molecule has 3 heterocycles. The lowest BCUT2D eigenvalue weighted by Gasteiger charge is -2.38. The molecule has 0 unspecified atom stereocenters. The third kappa shape index (κ3) is 4.09. The average molecular weight is 461 g/mol. The zero-order chi connectivity index (χ0) is 24.4. The summed E-state index contributed by atoms with van der Waals surface area (Å²) in [6, 6.07) is 16.1. The van der Waals surface area contributed by atoms with E-state index in [0.717, 1.165) is 52.1 Å². The summed E-state index contributed by atoms with van der Waals surface area (Å²) in [4.78, 5) is 14.2. The molecule has 1 aromatic carbocycles. The fourth-order valence-corrected chi connectivity index (χ4v) is 4.46. The van der Waals surface area contributed by atoms with E-state index in [4.69, 9.17) is 21.4 Å². The fraction of sp³-hybridized carbons (Fsp3) is 0.138. The summed E-state index contributed by atoms with van der Waals surface area (Å²) in [6.45, 7) is 7.61. The molecule has 174 valence electrons. The fourth-order valence-electron chi connectivity index (χ4n) is 4.46. The zero-order valence-corrected chi connectivity index (χ0v) is 19.6. The minimum absolute atomic E-state index is 0.223. The van der Waals surface area contributed by atoms with Gasteiger partial charge < -0.3 is 11.5 Å². The van der Waals surface area contributed by atoms with Gasteiger partial charge in [-0.05, 0) is 61.2 Å². The average Bonchev–Trinajstić information content (AvgIpc) is 3.24. The molecule has 1 fully saturated rings. The van der Waals surface area contributed by atoms with Crippen LogP contribution in [0.3, 0.4) is 0 Å². The molecule has 0 saturated heterocycles. The highest BCUT2D eigenvalue weighted by molar-refractivity contribution is 5.85. The van der Waals surface area contributed by atoms with Gasteiger partial charge in [-0.2, -0.15) is 0 Å². The minimum Gasteiger partial charge on any atom is -0.383 e. The van der Waals surface area contributed by atoms with Crippen LogP contribution in [0.5, 0.6) is 0 Å². The summed E-state index contributed by atoms with van der Waals surface area (Å²) >= 11 is 0. The summed E-state index contributed by atoms with van der Waals surface area (Å²) < 4.78 is 2.03. The molecule has 0 aliphatic heterocycles. The Hall–Kier alpha value is -4.29. The van der Waals surface area contributed by atoms with Gasteiger partial charge in [-0.15, -0.1) is 0 Å². The van der Waals surface area contributed by atoms with E-state index >= 15 is 0 Å². The molecule has 0 atom stereocenters. The number of nitrogens with zero attached hydrogens (tertiary/aromatic N) is 4. The van der Waals surface area contributed by atoms with Gasteiger partial charge in [0.25, 0.3) is 0 Å². The number of fused-ring (bicyclic) bond motifs is 1. The van der Waals surface area contributed by atoms with Crippen LogP contribution in [0.1, 0.15) is 30.5 Å². The van der Waals surface area contributed by atoms with E-state index < -0.39 is 0 Å². The lowest BCUT2D eigenvalue weighted by molar-refractivity contribution is 0.253. The van der Waals surface area contributed by atoms with Crippen LogP contribution in [0.4, 0.5) is 5.82 Å². The molecule has 0 amide bonds. The SMILES string of the molecule is C=C/C=C\C(=C/C=C)c1ccc2nc(-c3cccnc3N)n(-c3ccc(C4(N)CCC4)cc3)c2n1. The molecule has 4 N–H and O–H groups in total. The topological polar surface area (TPSA) is 95.6 Å². The second kappa shape index (κ2) is 9.16. The molecule has 1 saturated carbocycles. The number of nitrogens with two attached hydrogens (primary N) is 2. The first-order valence-electron chi connectivity index (χ1n) is 11.7. The van der Waals surface area contributed by atoms with Gasteiger partial charge in [-0.1, -0.05) is 55.7 Å². The zero-order valence-electron chi connectivity index (χ0n) is 19.6. The highest BCUT2D eigenvalue weighted by atomic mass is 15.1. The molecular formula is C29H28N6. The molecule has 1 aliphatic rings. The molecule has 35 heavy (non-hydrogen) atoms. The number of hydrogen-bond donors (Lipinski definition) is 2. The van der Waals surface area contributed by atoms with Crippen molar-refractivity contribution >= 4 is 22.6 Å². The molecule has 0 radical (unpaired) electrons. The monoisotopic (exact) mass is 460 g/mol. The van der Waals surface area contributed by atoms with Crippen molar-refractivity contribution in [1.29, 1.82) is 0 Å². The number of nitrogen functional groups attached to an aromatic ring is 1. The molecule has 4 aromatic rings. The van der Waals surface area contributed by atoms with Crippen LogP contribution < -0.4 is 11.5 Å². The number of aromatic nitrogens is 4. The number of anilines is 1. The van der Waals surface area contributed by atoms with E-state index in [1.165, 1.54) is 6.42 Å². The third-order valence-corrected chi connectivity index (χ3v) is 6.54.